The number of anilines is 3. The zero-order valence-electron chi connectivity index (χ0n) is 18.4. The Labute approximate surface area is 197 Å². The monoisotopic (exact) mass is 467 g/mol. The lowest BCUT2D eigenvalue weighted by molar-refractivity contribution is -0.125. The highest BCUT2D eigenvalue weighted by Gasteiger charge is 2.24. The van der Waals surface area contributed by atoms with Crippen LogP contribution in [0.1, 0.15) is 19.4 Å². The molecule has 2 N–H and O–H groups in total. The number of aromatic nitrogens is 4. The van der Waals surface area contributed by atoms with Gasteiger partial charge in [0.25, 0.3) is 5.91 Å². The second-order valence-electron chi connectivity index (χ2n) is 8.41. The molecule has 0 spiro atoms. The number of ether oxygens (including phenoxy) is 1. The molecule has 2 fully saturated rings. The van der Waals surface area contributed by atoms with E-state index in [9.17, 15) is 4.79 Å². The van der Waals surface area contributed by atoms with E-state index in [-0.39, 0.29) is 12.5 Å². The molecule has 172 valence electrons. The lowest BCUT2D eigenvalue weighted by Gasteiger charge is -2.29. The number of nitrogens with zero attached hydrogens (tertiary/aromatic N) is 5. The first-order valence-corrected chi connectivity index (χ1v) is 11.5. The summed E-state index contributed by atoms with van der Waals surface area (Å²) in [5.41, 5.74) is 3.15. The van der Waals surface area contributed by atoms with Crippen molar-refractivity contribution in [2.75, 3.05) is 43.1 Å². The topological polar surface area (TPSA) is 97.2 Å². The second kappa shape index (κ2) is 9.46. The van der Waals surface area contributed by atoms with Crippen LogP contribution in [0.25, 0.3) is 11.3 Å². The van der Waals surface area contributed by atoms with Crippen LogP contribution in [0.4, 0.5) is 17.3 Å². The van der Waals surface area contributed by atoms with E-state index in [2.05, 4.69) is 32.6 Å². The van der Waals surface area contributed by atoms with Gasteiger partial charge in [-0.3, -0.25) is 9.48 Å². The molecule has 0 bridgehead atoms. The fourth-order valence-corrected chi connectivity index (χ4v) is 4.51. The van der Waals surface area contributed by atoms with Crippen LogP contribution in [0.3, 0.4) is 0 Å². The van der Waals surface area contributed by atoms with E-state index in [1.165, 1.54) is 0 Å². The number of hydrogen-bond donors (Lipinski definition) is 2. The summed E-state index contributed by atoms with van der Waals surface area (Å²) in [5.74, 6) is 0.903. The standard InChI is InChI=1S/C23H26ClN7O2/c1-15-10-25-7-6-20(15)31-13-16(11-27-31)22-19(24)12-26-23(29-22)28-17-2-4-18(5-3-17)30-8-9-33-14-21(30)32/h2-5,11-13,15,20,25H,6-10,14H2,1H3,(H,26,28,29)/t15-,20-/m0/s1. The summed E-state index contributed by atoms with van der Waals surface area (Å²) in [5, 5.41) is 11.7. The Morgan fingerprint density at radius 1 is 1.24 bits per heavy atom. The molecular weight excluding hydrogens is 442 g/mol. The molecule has 2 aromatic heterocycles. The molecule has 2 aliphatic rings. The first-order valence-electron chi connectivity index (χ1n) is 11.1. The molecular formula is C23H26ClN7O2. The Bertz CT molecular complexity index is 1130. The van der Waals surface area contributed by atoms with E-state index in [4.69, 9.17) is 16.3 Å². The predicted octanol–water partition coefficient (Wildman–Crippen LogP) is 3.27. The number of hydrogen-bond acceptors (Lipinski definition) is 7. The minimum Gasteiger partial charge on any atom is -0.370 e. The van der Waals surface area contributed by atoms with Gasteiger partial charge in [0.2, 0.25) is 5.95 Å². The summed E-state index contributed by atoms with van der Waals surface area (Å²) in [6.07, 6.45) is 6.45. The number of rotatable bonds is 5. The van der Waals surface area contributed by atoms with Crippen LogP contribution in [0, 0.1) is 5.92 Å². The first-order chi connectivity index (χ1) is 16.1. The van der Waals surface area contributed by atoms with E-state index in [1.54, 1.807) is 17.3 Å². The van der Waals surface area contributed by atoms with Crippen molar-refractivity contribution in [2.24, 2.45) is 5.92 Å². The third kappa shape index (κ3) is 4.71. The molecule has 2 atom stereocenters. The summed E-state index contributed by atoms with van der Waals surface area (Å²) in [7, 11) is 0. The molecule has 2 aliphatic heterocycles. The van der Waals surface area contributed by atoms with Crippen LogP contribution >= 0.6 is 11.6 Å². The molecule has 1 amide bonds. The number of amides is 1. The van der Waals surface area contributed by atoms with E-state index < -0.39 is 0 Å². The third-order valence-corrected chi connectivity index (χ3v) is 6.40. The summed E-state index contributed by atoms with van der Waals surface area (Å²) in [6, 6.07) is 7.94. The highest BCUT2D eigenvalue weighted by Crippen LogP contribution is 2.30. The number of nitrogens with one attached hydrogen (secondary N) is 2. The largest absolute Gasteiger partial charge is 0.370 e. The van der Waals surface area contributed by atoms with Crippen molar-refractivity contribution < 1.29 is 9.53 Å². The molecule has 5 rings (SSSR count). The van der Waals surface area contributed by atoms with Crippen molar-refractivity contribution in [3.8, 4) is 11.3 Å². The summed E-state index contributed by atoms with van der Waals surface area (Å²) < 4.78 is 7.22. The number of carbonyl (C=O) groups excluding carboxylic acids is 1. The molecule has 9 nitrogen and oxygen atoms in total. The molecule has 4 heterocycles. The summed E-state index contributed by atoms with van der Waals surface area (Å²) in [6.45, 7) is 5.43. The highest BCUT2D eigenvalue weighted by molar-refractivity contribution is 6.32. The normalized spacial score (nSPS) is 21.3. The smallest absolute Gasteiger partial charge is 0.253 e. The Morgan fingerprint density at radius 3 is 2.88 bits per heavy atom. The van der Waals surface area contributed by atoms with Gasteiger partial charge in [-0.05, 0) is 49.7 Å². The van der Waals surface area contributed by atoms with Gasteiger partial charge in [-0.25, -0.2) is 9.97 Å². The van der Waals surface area contributed by atoms with E-state index in [0.29, 0.717) is 41.8 Å². The fraction of sp³-hybridized carbons (Fsp3) is 0.391. The van der Waals surface area contributed by atoms with Gasteiger partial charge >= 0.3 is 0 Å². The number of halogens is 1. The third-order valence-electron chi connectivity index (χ3n) is 6.12. The van der Waals surface area contributed by atoms with E-state index in [1.807, 2.05) is 35.1 Å². The molecule has 33 heavy (non-hydrogen) atoms. The van der Waals surface area contributed by atoms with Gasteiger partial charge in [-0.1, -0.05) is 18.5 Å². The quantitative estimate of drug-likeness (QED) is 0.594. The Hall–Kier alpha value is -3.01. The number of piperidine rings is 1. The van der Waals surface area contributed by atoms with Gasteiger partial charge in [0, 0.05) is 29.7 Å². The molecule has 1 aromatic carbocycles. The van der Waals surface area contributed by atoms with Crippen LogP contribution in [0.2, 0.25) is 5.02 Å². The van der Waals surface area contributed by atoms with Gasteiger partial charge in [0.1, 0.15) is 6.61 Å². The minimum absolute atomic E-state index is 0.0351. The van der Waals surface area contributed by atoms with Crippen molar-refractivity contribution in [1.82, 2.24) is 25.1 Å². The van der Waals surface area contributed by atoms with Gasteiger partial charge in [0.05, 0.1) is 35.8 Å². The summed E-state index contributed by atoms with van der Waals surface area (Å²) in [4.78, 5) is 22.7. The maximum absolute atomic E-state index is 12.0. The number of benzene rings is 1. The van der Waals surface area contributed by atoms with Crippen LogP contribution in [0.15, 0.2) is 42.9 Å². The van der Waals surface area contributed by atoms with Crippen molar-refractivity contribution >= 4 is 34.8 Å². The maximum Gasteiger partial charge on any atom is 0.253 e. The minimum atomic E-state index is -0.0351. The summed E-state index contributed by atoms with van der Waals surface area (Å²) >= 11 is 6.43. The van der Waals surface area contributed by atoms with Crippen molar-refractivity contribution in [2.45, 2.75) is 19.4 Å². The second-order valence-corrected chi connectivity index (χ2v) is 8.81. The molecule has 3 aromatic rings. The van der Waals surface area contributed by atoms with E-state index >= 15 is 0 Å². The number of carbonyl (C=O) groups is 1. The average molecular weight is 468 g/mol. The maximum atomic E-state index is 12.0. The SMILES string of the molecule is C[C@H]1CNCC[C@@H]1n1cc(-c2nc(Nc3ccc(N4CCOCC4=O)cc3)ncc2Cl)cn1. The highest BCUT2D eigenvalue weighted by atomic mass is 35.5. The Balaban J connectivity index is 1.32. The zero-order valence-corrected chi connectivity index (χ0v) is 19.1. The van der Waals surface area contributed by atoms with E-state index in [0.717, 1.165) is 36.4 Å². The Morgan fingerprint density at radius 2 is 2.09 bits per heavy atom. The average Bonchev–Trinajstić information content (AvgIpc) is 3.31. The van der Waals surface area contributed by atoms with Gasteiger partial charge in [-0.15, -0.1) is 0 Å². The van der Waals surface area contributed by atoms with Crippen LogP contribution in [-0.4, -0.2) is 58.5 Å². The lowest BCUT2D eigenvalue weighted by atomic mass is 9.95. The van der Waals surface area contributed by atoms with Gasteiger partial charge in [-0.2, -0.15) is 5.10 Å². The van der Waals surface area contributed by atoms with Crippen LogP contribution in [0.5, 0.6) is 0 Å². The van der Waals surface area contributed by atoms with Crippen molar-refractivity contribution in [3.63, 3.8) is 0 Å². The van der Waals surface area contributed by atoms with Crippen molar-refractivity contribution in [3.05, 3.63) is 47.9 Å². The molecule has 10 heteroatoms. The molecule has 0 radical (unpaired) electrons. The lowest BCUT2D eigenvalue weighted by Crippen LogP contribution is -2.41. The molecule has 0 unspecified atom stereocenters. The van der Waals surface area contributed by atoms with Crippen LogP contribution < -0.4 is 15.5 Å². The molecule has 0 aliphatic carbocycles. The fourth-order valence-electron chi connectivity index (χ4n) is 4.31. The zero-order chi connectivity index (χ0) is 22.8. The first kappa shape index (κ1) is 21.8. The van der Waals surface area contributed by atoms with Gasteiger partial charge in [0.15, 0.2) is 0 Å². The number of morpholine rings is 1. The molecule has 0 saturated carbocycles. The van der Waals surface area contributed by atoms with Gasteiger partial charge < -0.3 is 20.3 Å². The Kier molecular flexibility index (Phi) is 6.26. The predicted molar refractivity (Wildman–Crippen MR) is 127 cm³/mol. The molecule has 2 saturated heterocycles. The van der Waals surface area contributed by atoms with Crippen molar-refractivity contribution in [1.29, 1.82) is 0 Å². The van der Waals surface area contributed by atoms with Crippen LogP contribution in [-0.2, 0) is 9.53 Å².